The third-order valence-corrected chi connectivity index (χ3v) is 6.75. The zero-order chi connectivity index (χ0) is 21.5. The van der Waals surface area contributed by atoms with Crippen molar-refractivity contribution in [1.82, 2.24) is 14.5 Å². The van der Waals surface area contributed by atoms with E-state index in [0.717, 1.165) is 23.4 Å². The Kier molecular flexibility index (Phi) is 5.33. The summed E-state index contributed by atoms with van der Waals surface area (Å²) >= 11 is 7.58. The van der Waals surface area contributed by atoms with Gasteiger partial charge in [-0.2, -0.15) is 0 Å². The second-order valence-corrected chi connectivity index (χ2v) is 9.57. The maximum absolute atomic E-state index is 13.2. The van der Waals surface area contributed by atoms with Gasteiger partial charge < -0.3 is 14.4 Å². The molecule has 1 aliphatic carbocycles. The molecule has 3 aromatic rings. The average molecular weight is 456 g/mol. The lowest BCUT2D eigenvalue weighted by atomic mass is 10.1. The topological polar surface area (TPSA) is 56.6 Å². The zero-order valence-corrected chi connectivity index (χ0v) is 18.8. The molecular weight excluding hydrogens is 434 g/mol. The summed E-state index contributed by atoms with van der Waals surface area (Å²) in [6.45, 7) is 1.25. The van der Waals surface area contributed by atoms with E-state index in [1.807, 2.05) is 50.5 Å². The quantitative estimate of drug-likeness (QED) is 0.554. The second-order valence-electron chi connectivity index (χ2n) is 7.96. The van der Waals surface area contributed by atoms with E-state index in [1.165, 1.54) is 11.3 Å². The monoisotopic (exact) mass is 455 g/mol. The molecule has 2 atom stereocenters. The number of allylic oxidation sites excluding steroid dienone is 4. The Labute approximate surface area is 189 Å². The molecule has 5 rings (SSSR count). The third-order valence-electron chi connectivity index (χ3n) is 5.26. The van der Waals surface area contributed by atoms with Crippen LogP contribution in [0.4, 0.5) is 0 Å². The average Bonchev–Trinajstić information content (AvgIpc) is 3.19. The Morgan fingerprint density at radius 2 is 2.16 bits per heavy atom. The van der Waals surface area contributed by atoms with Crippen LogP contribution in [-0.4, -0.2) is 53.2 Å². The van der Waals surface area contributed by atoms with E-state index < -0.39 is 0 Å². The lowest BCUT2D eigenvalue weighted by Gasteiger charge is -2.28. The van der Waals surface area contributed by atoms with Crippen molar-refractivity contribution in [2.24, 2.45) is 0 Å². The maximum atomic E-state index is 13.2. The van der Waals surface area contributed by atoms with Crippen molar-refractivity contribution < 1.29 is 9.47 Å². The van der Waals surface area contributed by atoms with Gasteiger partial charge in [0.15, 0.2) is 11.5 Å². The molecule has 1 aromatic carbocycles. The first kappa shape index (κ1) is 20.3. The fourth-order valence-corrected chi connectivity index (χ4v) is 4.99. The van der Waals surface area contributed by atoms with Gasteiger partial charge in [0.1, 0.15) is 23.7 Å². The number of alkyl halides is 1. The van der Waals surface area contributed by atoms with Crippen molar-refractivity contribution in [2.75, 3.05) is 27.2 Å². The van der Waals surface area contributed by atoms with Crippen LogP contribution in [0, 0.1) is 0 Å². The number of hydrogen-bond donors (Lipinski definition) is 0. The van der Waals surface area contributed by atoms with E-state index in [4.69, 9.17) is 21.1 Å². The van der Waals surface area contributed by atoms with E-state index >= 15 is 0 Å². The number of benzene rings is 1. The number of ether oxygens (including phenoxy) is 2. The summed E-state index contributed by atoms with van der Waals surface area (Å²) in [7, 11) is 4.01. The zero-order valence-electron chi connectivity index (χ0n) is 17.2. The summed E-state index contributed by atoms with van der Waals surface area (Å²) in [6.07, 6.45) is 8.43. The molecule has 31 heavy (non-hydrogen) atoms. The molecule has 3 heterocycles. The molecule has 0 saturated heterocycles. The Hall–Kier alpha value is -2.61. The number of hydrogen-bond acceptors (Lipinski definition) is 6. The highest BCUT2D eigenvalue weighted by molar-refractivity contribution is 7.20. The van der Waals surface area contributed by atoms with Crippen LogP contribution in [0.25, 0.3) is 21.5 Å². The van der Waals surface area contributed by atoms with Crippen LogP contribution >= 0.6 is 22.9 Å². The largest absolute Gasteiger partial charge is 0.486 e. The molecule has 160 valence electrons. The normalized spacial score (nSPS) is 20.3. The van der Waals surface area contributed by atoms with Crippen LogP contribution in [0.3, 0.4) is 0 Å². The number of nitrogens with zero attached hydrogens (tertiary/aromatic N) is 3. The minimum absolute atomic E-state index is 0.0177. The molecule has 8 heteroatoms. The van der Waals surface area contributed by atoms with Gasteiger partial charge in [-0.3, -0.25) is 9.36 Å². The fourth-order valence-electron chi connectivity index (χ4n) is 3.77. The third kappa shape index (κ3) is 4.01. The minimum atomic E-state index is -0.0981. The predicted octanol–water partition coefficient (Wildman–Crippen LogP) is 4.10. The van der Waals surface area contributed by atoms with Crippen LogP contribution < -0.4 is 15.0 Å². The van der Waals surface area contributed by atoms with E-state index in [2.05, 4.69) is 16.0 Å². The molecule has 0 spiro atoms. The molecule has 2 unspecified atom stereocenters. The van der Waals surface area contributed by atoms with Gasteiger partial charge in [0, 0.05) is 17.5 Å². The summed E-state index contributed by atoms with van der Waals surface area (Å²) in [5.74, 6) is 1.33. The van der Waals surface area contributed by atoms with Gasteiger partial charge in [0.05, 0.1) is 16.6 Å². The Balaban J connectivity index is 1.46. The van der Waals surface area contributed by atoms with Crippen LogP contribution in [0.1, 0.15) is 11.3 Å². The van der Waals surface area contributed by atoms with Crippen LogP contribution in [0.15, 0.2) is 53.6 Å². The molecule has 6 nitrogen and oxygen atoms in total. The van der Waals surface area contributed by atoms with E-state index in [9.17, 15) is 4.79 Å². The first-order valence-electron chi connectivity index (χ1n) is 10.1. The van der Waals surface area contributed by atoms with Crippen LogP contribution in [0.5, 0.6) is 11.5 Å². The van der Waals surface area contributed by atoms with Gasteiger partial charge in [-0.1, -0.05) is 18.2 Å². The number of aromatic nitrogens is 2. The first-order chi connectivity index (χ1) is 15.0. The molecule has 0 radical (unpaired) electrons. The summed E-state index contributed by atoms with van der Waals surface area (Å²) in [5, 5.41) is 0.0295. The smallest absolute Gasteiger partial charge is 0.275 e. The van der Waals surface area contributed by atoms with E-state index in [-0.39, 0.29) is 17.0 Å². The summed E-state index contributed by atoms with van der Waals surface area (Å²) in [4.78, 5) is 20.8. The highest BCUT2D eigenvalue weighted by atomic mass is 35.5. The van der Waals surface area contributed by atoms with Gasteiger partial charge in [0.25, 0.3) is 5.56 Å². The Bertz CT molecular complexity index is 1260. The highest BCUT2D eigenvalue weighted by Crippen LogP contribution is 2.34. The molecular formula is C23H22ClN3O3S. The van der Waals surface area contributed by atoms with Crippen LogP contribution in [-0.2, 0) is 0 Å². The van der Waals surface area contributed by atoms with Crippen molar-refractivity contribution in [3.05, 3.63) is 64.1 Å². The molecule has 0 fully saturated rings. The predicted molar refractivity (Wildman–Crippen MR) is 125 cm³/mol. The van der Waals surface area contributed by atoms with Gasteiger partial charge in [-0.15, -0.1) is 22.9 Å². The molecule has 0 bridgehead atoms. The summed E-state index contributed by atoms with van der Waals surface area (Å²) < 4.78 is 14.1. The second kappa shape index (κ2) is 8.15. The van der Waals surface area contributed by atoms with E-state index in [1.54, 1.807) is 10.9 Å². The number of halogens is 1. The van der Waals surface area contributed by atoms with Crippen molar-refractivity contribution in [3.63, 3.8) is 0 Å². The Morgan fingerprint density at radius 3 is 2.94 bits per heavy atom. The highest BCUT2D eigenvalue weighted by Gasteiger charge is 2.22. The van der Waals surface area contributed by atoms with Crippen molar-refractivity contribution in [3.8, 4) is 17.2 Å². The van der Waals surface area contributed by atoms with Gasteiger partial charge in [0.2, 0.25) is 0 Å². The van der Waals surface area contributed by atoms with Crippen molar-refractivity contribution in [1.29, 1.82) is 0 Å². The molecule has 0 N–H and O–H groups in total. The molecule has 2 aromatic heterocycles. The van der Waals surface area contributed by atoms with Crippen molar-refractivity contribution in [2.45, 2.75) is 17.9 Å². The van der Waals surface area contributed by atoms with Gasteiger partial charge in [-0.25, -0.2) is 4.98 Å². The minimum Gasteiger partial charge on any atom is -0.486 e. The standard InChI is InChI=1S/C23H22ClN3O3S/c1-26(2)11-17-12-29-20-9-16(7-8-19(20)30-17)27-13-25-18-10-21(31-22(18)23(27)28)14-3-5-15(24)6-4-14/h3-5,7-10,13,15,17H,6,11-12H2,1-2H3. The molecule has 2 aliphatic rings. The lowest BCUT2D eigenvalue weighted by molar-refractivity contribution is 0.0710. The number of thiophene rings is 1. The lowest BCUT2D eigenvalue weighted by Crippen LogP contribution is -2.38. The number of fused-ring (bicyclic) bond motifs is 2. The molecule has 0 amide bonds. The van der Waals surface area contributed by atoms with Gasteiger partial charge >= 0.3 is 0 Å². The van der Waals surface area contributed by atoms with Gasteiger partial charge in [-0.05, 0) is 44.3 Å². The maximum Gasteiger partial charge on any atom is 0.275 e. The SMILES string of the molecule is CN(C)CC1COc2cc(-n3cnc4cc(C5=CCC(Cl)C=C5)sc4c3=O)ccc2O1. The van der Waals surface area contributed by atoms with Crippen molar-refractivity contribution >= 4 is 38.7 Å². The molecule has 1 aliphatic heterocycles. The fraction of sp³-hybridized carbons (Fsp3) is 0.304. The number of likely N-dealkylation sites (N-methyl/N-ethyl adjacent to an activating group) is 1. The Morgan fingerprint density at radius 1 is 1.29 bits per heavy atom. The number of rotatable bonds is 4. The van der Waals surface area contributed by atoms with Crippen LogP contribution in [0.2, 0.25) is 0 Å². The first-order valence-corrected chi connectivity index (χ1v) is 11.4. The summed E-state index contributed by atoms with van der Waals surface area (Å²) in [6, 6.07) is 7.50. The van der Waals surface area contributed by atoms with E-state index in [0.29, 0.717) is 34.0 Å². The molecule has 0 saturated carbocycles. The summed E-state index contributed by atoms with van der Waals surface area (Å²) in [5.41, 5.74) is 2.38.